The highest BCUT2D eigenvalue weighted by Gasteiger charge is 2.06. The molecule has 78 valence electrons. The Morgan fingerprint density at radius 2 is 2.07 bits per heavy atom. The molecule has 0 unspecified atom stereocenters. The Balaban J connectivity index is 2.73. The quantitative estimate of drug-likeness (QED) is 0.695. The molecule has 0 amide bonds. The van der Waals surface area contributed by atoms with Crippen molar-refractivity contribution in [1.82, 2.24) is 4.98 Å². The minimum Gasteiger partial charge on any atom is -0.255 e. The van der Waals surface area contributed by atoms with Crippen LogP contribution in [0.4, 0.5) is 0 Å². The maximum Gasteiger partial charge on any atom is 0.0717 e. The Kier molecular flexibility index (Phi) is 3.16. The Labute approximate surface area is 108 Å². The molecule has 0 saturated heterocycles. The predicted octanol–water partition coefficient (Wildman–Crippen LogP) is 4.62. The first-order valence-corrected chi connectivity index (χ1v) is 6.29. The number of aromatic nitrogens is 1. The number of hydrogen-bond donors (Lipinski definition) is 0. The second kappa shape index (κ2) is 4.26. The summed E-state index contributed by atoms with van der Waals surface area (Å²) >= 11 is 8.46. The van der Waals surface area contributed by atoms with Gasteiger partial charge in [0.2, 0.25) is 0 Å². The summed E-state index contributed by atoms with van der Waals surface area (Å²) in [6.45, 7) is 4.35. The van der Waals surface area contributed by atoms with Crippen molar-refractivity contribution < 1.29 is 0 Å². The molecule has 0 aliphatic carbocycles. The zero-order chi connectivity index (χ0) is 11.0. The molecule has 2 aromatic rings. The van der Waals surface area contributed by atoms with Gasteiger partial charge in [0.1, 0.15) is 0 Å². The molecule has 0 N–H and O–H groups in total. The van der Waals surface area contributed by atoms with Gasteiger partial charge in [0.05, 0.1) is 14.1 Å². The second-order valence-electron chi connectivity index (χ2n) is 3.85. The fourth-order valence-corrected chi connectivity index (χ4v) is 2.14. The van der Waals surface area contributed by atoms with E-state index in [1.165, 1.54) is 5.56 Å². The lowest BCUT2D eigenvalue weighted by Crippen LogP contribution is -1.89. The Morgan fingerprint density at radius 3 is 2.73 bits per heavy atom. The summed E-state index contributed by atoms with van der Waals surface area (Å²) in [5.74, 6) is 0.517. The van der Waals surface area contributed by atoms with Crippen LogP contribution in [0.1, 0.15) is 25.3 Å². The number of benzene rings is 1. The molecule has 3 heteroatoms. The lowest BCUT2D eigenvalue weighted by molar-refractivity contribution is 0.868. The van der Waals surface area contributed by atoms with E-state index in [2.05, 4.69) is 53.6 Å². The van der Waals surface area contributed by atoms with Gasteiger partial charge in [-0.25, -0.2) is 0 Å². The minimum atomic E-state index is 0.517. The molecule has 1 heterocycles. The van der Waals surface area contributed by atoms with Crippen LogP contribution in [0.15, 0.2) is 24.4 Å². The molecule has 0 saturated carbocycles. The zero-order valence-corrected chi connectivity index (χ0v) is 11.5. The summed E-state index contributed by atoms with van der Waals surface area (Å²) in [5.41, 5.74) is 2.26. The average molecular weight is 332 g/mol. The summed E-state index contributed by atoms with van der Waals surface area (Å²) in [6, 6.07) is 6.29. The van der Waals surface area contributed by atoms with Crippen LogP contribution in [0.2, 0.25) is 5.02 Å². The fraction of sp³-hybridized carbons (Fsp3) is 0.250. The molecule has 15 heavy (non-hydrogen) atoms. The van der Waals surface area contributed by atoms with Gasteiger partial charge in [-0.15, -0.1) is 0 Å². The van der Waals surface area contributed by atoms with Gasteiger partial charge in [0.25, 0.3) is 0 Å². The van der Waals surface area contributed by atoms with Gasteiger partial charge in [-0.05, 0) is 46.2 Å². The van der Waals surface area contributed by atoms with Crippen molar-refractivity contribution in [1.29, 1.82) is 0 Å². The molecular formula is C12H11ClIN. The molecule has 0 aliphatic heterocycles. The molecule has 0 atom stereocenters. The molecule has 0 bridgehead atoms. The second-order valence-corrected chi connectivity index (χ2v) is 5.39. The zero-order valence-electron chi connectivity index (χ0n) is 8.59. The number of rotatable bonds is 1. The summed E-state index contributed by atoms with van der Waals surface area (Å²) in [5, 5.41) is 1.86. The van der Waals surface area contributed by atoms with Crippen molar-refractivity contribution >= 4 is 45.1 Å². The highest BCUT2D eigenvalue weighted by molar-refractivity contribution is 14.1. The van der Waals surface area contributed by atoms with E-state index in [9.17, 15) is 0 Å². The van der Waals surface area contributed by atoms with Crippen molar-refractivity contribution in [3.05, 3.63) is 38.6 Å². The van der Waals surface area contributed by atoms with Crippen molar-refractivity contribution in [2.45, 2.75) is 19.8 Å². The van der Waals surface area contributed by atoms with E-state index in [4.69, 9.17) is 11.6 Å². The van der Waals surface area contributed by atoms with Crippen LogP contribution in [0, 0.1) is 3.57 Å². The first kappa shape index (κ1) is 11.1. The van der Waals surface area contributed by atoms with Crippen LogP contribution in [0.25, 0.3) is 10.9 Å². The van der Waals surface area contributed by atoms with Crippen LogP contribution in [-0.4, -0.2) is 4.98 Å². The molecule has 2 rings (SSSR count). The lowest BCUT2D eigenvalue weighted by atomic mass is 10.0. The van der Waals surface area contributed by atoms with E-state index in [0.717, 1.165) is 19.5 Å². The number of nitrogens with zero attached hydrogens (tertiary/aromatic N) is 1. The Bertz CT molecular complexity index is 508. The Hall–Kier alpha value is -0.350. The SMILES string of the molecule is CC(C)c1ccc2ncc(I)c(Cl)c2c1. The van der Waals surface area contributed by atoms with E-state index in [1.54, 1.807) is 6.20 Å². The summed E-state index contributed by atoms with van der Waals surface area (Å²) in [7, 11) is 0. The number of pyridine rings is 1. The monoisotopic (exact) mass is 331 g/mol. The van der Waals surface area contributed by atoms with Crippen LogP contribution < -0.4 is 0 Å². The highest BCUT2D eigenvalue weighted by atomic mass is 127. The van der Waals surface area contributed by atoms with Crippen LogP contribution >= 0.6 is 34.2 Å². The van der Waals surface area contributed by atoms with Crippen LogP contribution in [-0.2, 0) is 0 Å². The third-order valence-corrected chi connectivity index (χ3v) is 3.99. The average Bonchev–Trinajstić information content (AvgIpc) is 2.23. The molecule has 0 radical (unpaired) electrons. The molecule has 1 aromatic heterocycles. The third kappa shape index (κ3) is 2.11. The lowest BCUT2D eigenvalue weighted by Gasteiger charge is -2.08. The van der Waals surface area contributed by atoms with Crippen LogP contribution in [0.3, 0.4) is 0 Å². The summed E-state index contributed by atoms with van der Waals surface area (Å²) in [6.07, 6.45) is 1.81. The van der Waals surface area contributed by atoms with Crippen molar-refractivity contribution in [2.24, 2.45) is 0 Å². The third-order valence-electron chi connectivity index (χ3n) is 2.45. The molecule has 0 fully saturated rings. The predicted molar refractivity (Wildman–Crippen MR) is 73.6 cm³/mol. The van der Waals surface area contributed by atoms with Gasteiger partial charge >= 0.3 is 0 Å². The molecule has 0 spiro atoms. The van der Waals surface area contributed by atoms with Gasteiger partial charge in [0.15, 0.2) is 0 Å². The van der Waals surface area contributed by atoms with E-state index in [-0.39, 0.29) is 0 Å². The Morgan fingerprint density at radius 1 is 1.33 bits per heavy atom. The van der Waals surface area contributed by atoms with E-state index >= 15 is 0 Å². The first-order valence-electron chi connectivity index (χ1n) is 4.83. The smallest absolute Gasteiger partial charge is 0.0717 e. The number of fused-ring (bicyclic) bond motifs is 1. The van der Waals surface area contributed by atoms with E-state index in [0.29, 0.717) is 5.92 Å². The standard InChI is InChI=1S/C12H11ClIN/c1-7(2)8-3-4-11-9(5-8)12(13)10(14)6-15-11/h3-7H,1-2H3. The highest BCUT2D eigenvalue weighted by Crippen LogP contribution is 2.29. The summed E-state index contributed by atoms with van der Waals surface area (Å²) < 4.78 is 1.00. The number of hydrogen-bond acceptors (Lipinski definition) is 1. The topological polar surface area (TPSA) is 12.9 Å². The maximum atomic E-state index is 6.26. The normalized spacial score (nSPS) is 11.3. The molecule has 1 nitrogen and oxygen atoms in total. The largest absolute Gasteiger partial charge is 0.255 e. The molecular weight excluding hydrogens is 320 g/mol. The van der Waals surface area contributed by atoms with Crippen molar-refractivity contribution in [3.8, 4) is 0 Å². The van der Waals surface area contributed by atoms with Gasteiger partial charge in [-0.1, -0.05) is 31.5 Å². The van der Waals surface area contributed by atoms with Gasteiger partial charge in [-0.3, -0.25) is 4.98 Å². The molecule has 0 aliphatic rings. The van der Waals surface area contributed by atoms with Gasteiger partial charge in [-0.2, -0.15) is 0 Å². The minimum absolute atomic E-state index is 0.517. The van der Waals surface area contributed by atoms with E-state index < -0.39 is 0 Å². The van der Waals surface area contributed by atoms with Gasteiger partial charge in [0, 0.05) is 11.6 Å². The van der Waals surface area contributed by atoms with Crippen molar-refractivity contribution in [2.75, 3.05) is 0 Å². The van der Waals surface area contributed by atoms with E-state index in [1.807, 2.05) is 6.07 Å². The van der Waals surface area contributed by atoms with Crippen LogP contribution in [0.5, 0.6) is 0 Å². The molecule has 1 aromatic carbocycles. The summed E-state index contributed by atoms with van der Waals surface area (Å²) in [4.78, 5) is 4.35. The van der Waals surface area contributed by atoms with Crippen molar-refractivity contribution in [3.63, 3.8) is 0 Å². The fourth-order valence-electron chi connectivity index (χ4n) is 1.51. The number of halogens is 2. The maximum absolute atomic E-state index is 6.26. The van der Waals surface area contributed by atoms with Gasteiger partial charge < -0.3 is 0 Å². The first-order chi connectivity index (χ1) is 7.09.